The van der Waals surface area contributed by atoms with Gasteiger partial charge in [0, 0.05) is 6.07 Å². The number of halogens is 1. The van der Waals surface area contributed by atoms with Gasteiger partial charge in [-0.15, -0.1) is 0 Å². The second kappa shape index (κ2) is 16.3. The summed E-state index contributed by atoms with van der Waals surface area (Å²) in [5, 5.41) is 0. The minimum Gasteiger partial charge on any atom is -0.491 e. The molecule has 2 rings (SSSR count). The van der Waals surface area contributed by atoms with Crippen LogP contribution in [0.2, 0.25) is 0 Å². The van der Waals surface area contributed by atoms with Gasteiger partial charge in [-0.05, 0) is 49.1 Å². The molecule has 0 aliphatic rings. The average molecular weight is 457 g/mol. The molecular weight excluding hydrogens is 415 g/mol. The number of ether oxygens (including phenoxy) is 2. The van der Waals surface area contributed by atoms with Crippen LogP contribution in [0, 0.1) is 5.82 Å². The molecule has 33 heavy (non-hydrogen) atoms. The summed E-state index contributed by atoms with van der Waals surface area (Å²) in [6.45, 7) is 4.91. The van der Waals surface area contributed by atoms with E-state index in [-0.39, 0.29) is 11.5 Å². The molecular formula is C29H41FO3. The molecule has 0 aromatic heterocycles. The molecule has 2 aromatic carbocycles. The van der Waals surface area contributed by atoms with E-state index in [1.54, 1.807) is 18.2 Å². The van der Waals surface area contributed by atoms with Crippen LogP contribution < -0.4 is 9.47 Å². The van der Waals surface area contributed by atoms with Crippen LogP contribution in [0.1, 0.15) is 107 Å². The fraction of sp³-hybridized carbons (Fsp3) is 0.552. The number of carbonyl (C=O) groups excluding carboxylic acids is 1. The van der Waals surface area contributed by atoms with Crippen molar-refractivity contribution in [2.24, 2.45) is 0 Å². The summed E-state index contributed by atoms with van der Waals surface area (Å²) in [4.78, 5) is 12.4. The first-order valence-electron chi connectivity index (χ1n) is 12.9. The van der Waals surface area contributed by atoms with Crippen molar-refractivity contribution in [3.05, 3.63) is 59.4 Å². The van der Waals surface area contributed by atoms with Crippen LogP contribution in [-0.2, 0) is 6.42 Å². The van der Waals surface area contributed by atoms with Crippen molar-refractivity contribution in [3.8, 4) is 11.5 Å². The molecule has 3 nitrogen and oxygen atoms in total. The van der Waals surface area contributed by atoms with Crippen LogP contribution in [0.4, 0.5) is 4.39 Å². The number of esters is 1. The third kappa shape index (κ3) is 10.9. The van der Waals surface area contributed by atoms with Crippen LogP contribution in [0.15, 0.2) is 42.5 Å². The summed E-state index contributed by atoms with van der Waals surface area (Å²) in [6.07, 6.45) is 15.5. The number of rotatable bonds is 17. The van der Waals surface area contributed by atoms with Gasteiger partial charge in [0.25, 0.3) is 0 Å². The summed E-state index contributed by atoms with van der Waals surface area (Å²) < 4.78 is 25.2. The molecule has 0 heterocycles. The van der Waals surface area contributed by atoms with Gasteiger partial charge in [-0.25, -0.2) is 9.18 Å². The van der Waals surface area contributed by atoms with Gasteiger partial charge in [0.1, 0.15) is 5.75 Å². The Morgan fingerprint density at radius 3 is 2.00 bits per heavy atom. The Hall–Kier alpha value is -2.36. The molecule has 0 radical (unpaired) electrons. The lowest BCUT2D eigenvalue weighted by Crippen LogP contribution is -2.09. The minimum absolute atomic E-state index is 0.181. The molecule has 0 saturated heterocycles. The van der Waals surface area contributed by atoms with Gasteiger partial charge in [-0.3, -0.25) is 0 Å². The van der Waals surface area contributed by atoms with Gasteiger partial charge in [0.05, 0.1) is 12.2 Å². The lowest BCUT2D eigenvalue weighted by atomic mass is 10.0. The van der Waals surface area contributed by atoms with Crippen molar-refractivity contribution in [1.29, 1.82) is 0 Å². The van der Waals surface area contributed by atoms with Crippen molar-refractivity contribution in [2.75, 3.05) is 6.61 Å². The highest BCUT2D eigenvalue weighted by Crippen LogP contribution is 2.24. The van der Waals surface area contributed by atoms with E-state index in [4.69, 9.17) is 9.47 Å². The second-order valence-electron chi connectivity index (χ2n) is 8.81. The summed E-state index contributed by atoms with van der Waals surface area (Å²) >= 11 is 0. The van der Waals surface area contributed by atoms with Crippen molar-refractivity contribution >= 4 is 5.97 Å². The molecule has 0 aliphatic heterocycles. The SMILES string of the molecule is CCCCCCCCOc1ccc(OC(=O)c2ccc(CCCCCCCC)cc2)cc1F. The molecule has 182 valence electrons. The van der Waals surface area contributed by atoms with E-state index in [9.17, 15) is 9.18 Å². The van der Waals surface area contributed by atoms with Crippen LogP contribution in [0.5, 0.6) is 11.5 Å². The molecule has 0 fully saturated rings. The van der Waals surface area contributed by atoms with Crippen molar-refractivity contribution in [2.45, 2.75) is 97.3 Å². The van der Waals surface area contributed by atoms with E-state index in [1.807, 2.05) is 12.1 Å². The maximum atomic E-state index is 14.3. The van der Waals surface area contributed by atoms with Gasteiger partial charge < -0.3 is 9.47 Å². The number of carbonyl (C=O) groups is 1. The summed E-state index contributed by atoms with van der Waals surface area (Å²) in [6, 6.07) is 11.8. The van der Waals surface area contributed by atoms with E-state index >= 15 is 0 Å². The fourth-order valence-corrected chi connectivity index (χ4v) is 3.81. The van der Waals surface area contributed by atoms with Crippen LogP contribution in [0.3, 0.4) is 0 Å². The second-order valence-corrected chi connectivity index (χ2v) is 8.81. The van der Waals surface area contributed by atoms with E-state index in [1.165, 1.54) is 81.9 Å². The van der Waals surface area contributed by atoms with Crippen molar-refractivity contribution in [3.63, 3.8) is 0 Å². The van der Waals surface area contributed by atoms with Gasteiger partial charge >= 0.3 is 5.97 Å². The van der Waals surface area contributed by atoms with E-state index in [2.05, 4.69) is 13.8 Å². The van der Waals surface area contributed by atoms with Gasteiger partial charge in [0.2, 0.25) is 0 Å². The number of hydrogen-bond acceptors (Lipinski definition) is 3. The lowest BCUT2D eigenvalue weighted by molar-refractivity contribution is 0.0734. The highest BCUT2D eigenvalue weighted by molar-refractivity contribution is 5.91. The smallest absolute Gasteiger partial charge is 0.343 e. The van der Waals surface area contributed by atoms with Gasteiger partial charge in [-0.1, -0.05) is 90.2 Å². The number of benzene rings is 2. The topological polar surface area (TPSA) is 35.5 Å². The zero-order chi connectivity index (χ0) is 23.7. The molecule has 0 bridgehead atoms. The van der Waals surface area contributed by atoms with Crippen LogP contribution >= 0.6 is 0 Å². The normalized spacial score (nSPS) is 10.9. The standard InChI is InChI=1S/C29H41FO3/c1-3-5-7-9-11-13-15-24-16-18-25(19-17-24)29(31)33-26-20-21-28(27(30)23-26)32-22-14-12-10-8-6-4-2/h16-21,23H,3-15,22H2,1-2H3. The molecule has 4 heteroatoms. The minimum atomic E-state index is -0.513. The Balaban J connectivity index is 1.73. The first kappa shape index (κ1) is 26.9. The maximum absolute atomic E-state index is 14.3. The number of aryl methyl sites for hydroxylation is 1. The summed E-state index contributed by atoms with van der Waals surface area (Å²) in [5.74, 6) is -0.621. The molecule has 0 aliphatic carbocycles. The number of hydrogen-bond donors (Lipinski definition) is 0. The summed E-state index contributed by atoms with van der Waals surface area (Å²) in [5.41, 5.74) is 1.69. The zero-order valence-electron chi connectivity index (χ0n) is 20.5. The molecule has 0 unspecified atom stereocenters. The third-order valence-corrected chi connectivity index (χ3v) is 5.88. The highest BCUT2D eigenvalue weighted by Gasteiger charge is 2.11. The quantitative estimate of drug-likeness (QED) is 0.136. The summed E-state index contributed by atoms with van der Waals surface area (Å²) in [7, 11) is 0. The molecule has 0 N–H and O–H groups in total. The maximum Gasteiger partial charge on any atom is 0.343 e. The number of unbranched alkanes of at least 4 members (excludes halogenated alkanes) is 10. The molecule has 0 spiro atoms. The Morgan fingerprint density at radius 1 is 0.758 bits per heavy atom. The first-order chi connectivity index (χ1) is 16.1. The molecule has 0 atom stereocenters. The van der Waals surface area contributed by atoms with E-state index in [0.29, 0.717) is 12.2 Å². The Kier molecular flexibility index (Phi) is 13.3. The monoisotopic (exact) mass is 456 g/mol. The van der Waals surface area contributed by atoms with Crippen molar-refractivity contribution < 1.29 is 18.7 Å². The fourth-order valence-electron chi connectivity index (χ4n) is 3.81. The molecule has 0 saturated carbocycles. The Morgan fingerprint density at radius 2 is 1.36 bits per heavy atom. The first-order valence-corrected chi connectivity index (χ1v) is 12.9. The predicted octanol–water partition coefficient (Wildman–Crippen LogP) is 8.69. The van der Waals surface area contributed by atoms with Crippen molar-refractivity contribution in [1.82, 2.24) is 0 Å². The molecule has 2 aromatic rings. The van der Waals surface area contributed by atoms with Crippen LogP contribution in [-0.4, -0.2) is 12.6 Å². The van der Waals surface area contributed by atoms with Gasteiger partial charge in [0.15, 0.2) is 11.6 Å². The van der Waals surface area contributed by atoms with Gasteiger partial charge in [-0.2, -0.15) is 0 Å². The van der Waals surface area contributed by atoms with Crippen LogP contribution in [0.25, 0.3) is 0 Å². The largest absolute Gasteiger partial charge is 0.491 e. The Bertz CT molecular complexity index is 801. The van der Waals surface area contributed by atoms with E-state index < -0.39 is 11.8 Å². The average Bonchev–Trinajstić information content (AvgIpc) is 2.82. The zero-order valence-corrected chi connectivity index (χ0v) is 20.5. The lowest BCUT2D eigenvalue weighted by Gasteiger charge is -2.09. The highest BCUT2D eigenvalue weighted by atomic mass is 19.1. The molecule has 0 amide bonds. The third-order valence-electron chi connectivity index (χ3n) is 5.88. The Labute approximate surface area is 199 Å². The van der Waals surface area contributed by atoms with E-state index in [0.717, 1.165) is 19.3 Å². The predicted molar refractivity (Wildman–Crippen MR) is 134 cm³/mol.